The summed E-state index contributed by atoms with van der Waals surface area (Å²) >= 11 is 0. The smallest absolute Gasteiger partial charge is 0.269 e. The van der Waals surface area contributed by atoms with Gasteiger partial charge in [0.1, 0.15) is 5.69 Å². The largest absolute Gasteiger partial charge is 0.478 e. The summed E-state index contributed by atoms with van der Waals surface area (Å²) in [6.45, 7) is 6.91. The maximum atomic E-state index is 12.3. The van der Waals surface area contributed by atoms with Crippen LogP contribution in [-0.4, -0.2) is 27.3 Å². The monoisotopic (exact) mass is 302 g/mol. The predicted octanol–water partition coefficient (Wildman–Crippen LogP) is 2.27. The highest BCUT2D eigenvalue weighted by Crippen LogP contribution is 2.16. The summed E-state index contributed by atoms with van der Waals surface area (Å²) in [7, 11) is 1.77. The second-order valence-corrected chi connectivity index (χ2v) is 5.32. The molecule has 1 N–H and O–H groups in total. The number of pyridine rings is 1. The molecule has 0 radical (unpaired) electrons. The van der Waals surface area contributed by atoms with Crippen LogP contribution in [0.25, 0.3) is 0 Å². The molecule has 0 spiro atoms. The van der Waals surface area contributed by atoms with Gasteiger partial charge in [0, 0.05) is 25.4 Å². The van der Waals surface area contributed by atoms with Gasteiger partial charge >= 0.3 is 0 Å². The highest BCUT2D eigenvalue weighted by molar-refractivity contribution is 5.92. The van der Waals surface area contributed by atoms with Gasteiger partial charge in [-0.25, -0.2) is 4.98 Å². The van der Waals surface area contributed by atoms with Crippen molar-refractivity contribution in [1.29, 1.82) is 0 Å². The van der Waals surface area contributed by atoms with E-state index in [4.69, 9.17) is 4.74 Å². The number of hydrogen-bond donors (Lipinski definition) is 1. The molecule has 0 aliphatic carbocycles. The highest BCUT2D eigenvalue weighted by atomic mass is 16.5. The minimum absolute atomic E-state index is 0.159. The summed E-state index contributed by atoms with van der Waals surface area (Å²) in [6, 6.07) is 5.54. The second kappa shape index (κ2) is 7.06. The van der Waals surface area contributed by atoms with Crippen LogP contribution in [-0.2, 0) is 13.6 Å². The van der Waals surface area contributed by atoms with Crippen LogP contribution in [0.4, 0.5) is 0 Å². The first-order valence-corrected chi connectivity index (χ1v) is 7.41. The van der Waals surface area contributed by atoms with E-state index in [1.54, 1.807) is 17.9 Å². The normalized spacial score (nSPS) is 10.8. The van der Waals surface area contributed by atoms with Crippen molar-refractivity contribution in [1.82, 2.24) is 20.1 Å². The maximum Gasteiger partial charge on any atom is 0.269 e. The molecular formula is C16H22N4O2. The molecular weight excluding hydrogens is 280 g/mol. The summed E-state index contributed by atoms with van der Waals surface area (Å²) in [4.78, 5) is 16.5. The maximum absolute atomic E-state index is 12.3. The number of hydrogen-bond acceptors (Lipinski definition) is 4. The number of aromatic nitrogens is 3. The number of ether oxygens (including phenoxy) is 1. The Hall–Kier alpha value is -2.37. The average Bonchev–Trinajstić information content (AvgIpc) is 2.89. The van der Waals surface area contributed by atoms with Crippen LogP contribution in [0.2, 0.25) is 0 Å². The van der Waals surface area contributed by atoms with Crippen molar-refractivity contribution in [3.8, 4) is 5.88 Å². The second-order valence-electron chi connectivity index (χ2n) is 5.32. The highest BCUT2D eigenvalue weighted by Gasteiger charge is 2.15. The molecule has 0 fully saturated rings. The standard InChI is InChI=1S/C16H22N4O2/c1-5-22-16-12(7-6-8-17-16)10-18-15(21)14-9-13(11(2)3)19-20(14)4/h6-9,11H,5,10H2,1-4H3,(H,18,21). The first kappa shape index (κ1) is 16.0. The molecule has 2 aromatic heterocycles. The van der Waals surface area contributed by atoms with Crippen molar-refractivity contribution in [3.05, 3.63) is 41.3 Å². The van der Waals surface area contributed by atoms with E-state index in [0.29, 0.717) is 24.7 Å². The molecule has 6 nitrogen and oxygen atoms in total. The molecule has 1 amide bonds. The fourth-order valence-corrected chi connectivity index (χ4v) is 2.08. The Morgan fingerprint density at radius 3 is 2.86 bits per heavy atom. The molecule has 2 heterocycles. The van der Waals surface area contributed by atoms with E-state index in [1.807, 2.05) is 39.0 Å². The van der Waals surface area contributed by atoms with Crippen LogP contribution in [0.1, 0.15) is 48.4 Å². The van der Waals surface area contributed by atoms with Crippen molar-refractivity contribution in [2.75, 3.05) is 6.61 Å². The number of nitrogens with zero attached hydrogens (tertiary/aromatic N) is 3. The zero-order valence-corrected chi connectivity index (χ0v) is 13.5. The topological polar surface area (TPSA) is 69.0 Å². The van der Waals surface area contributed by atoms with Crippen LogP contribution in [0.3, 0.4) is 0 Å². The van der Waals surface area contributed by atoms with E-state index in [1.165, 1.54) is 0 Å². The van der Waals surface area contributed by atoms with Crippen molar-refractivity contribution < 1.29 is 9.53 Å². The predicted molar refractivity (Wildman–Crippen MR) is 83.9 cm³/mol. The molecule has 22 heavy (non-hydrogen) atoms. The third-order valence-electron chi connectivity index (χ3n) is 3.29. The van der Waals surface area contributed by atoms with Gasteiger partial charge in [-0.3, -0.25) is 9.48 Å². The van der Waals surface area contributed by atoms with E-state index >= 15 is 0 Å². The Labute approximate surface area is 130 Å². The van der Waals surface area contributed by atoms with Gasteiger partial charge in [0.15, 0.2) is 0 Å². The molecule has 6 heteroatoms. The number of aryl methyl sites for hydroxylation is 1. The van der Waals surface area contributed by atoms with Crippen molar-refractivity contribution in [2.45, 2.75) is 33.2 Å². The molecule has 118 valence electrons. The lowest BCUT2D eigenvalue weighted by Crippen LogP contribution is -2.25. The molecule has 0 aliphatic heterocycles. The summed E-state index contributed by atoms with van der Waals surface area (Å²) in [6.07, 6.45) is 1.67. The van der Waals surface area contributed by atoms with Crippen LogP contribution in [0, 0.1) is 0 Å². The van der Waals surface area contributed by atoms with E-state index in [2.05, 4.69) is 15.4 Å². The lowest BCUT2D eigenvalue weighted by molar-refractivity contribution is 0.0941. The third kappa shape index (κ3) is 3.63. The van der Waals surface area contributed by atoms with Gasteiger partial charge in [0.2, 0.25) is 5.88 Å². The first-order chi connectivity index (χ1) is 10.5. The molecule has 0 atom stereocenters. The van der Waals surface area contributed by atoms with Gasteiger partial charge in [-0.1, -0.05) is 19.9 Å². The quantitative estimate of drug-likeness (QED) is 0.888. The van der Waals surface area contributed by atoms with Crippen molar-refractivity contribution in [3.63, 3.8) is 0 Å². The molecule has 0 bridgehead atoms. The number of amides is 1. The molecule has 0 aliphatic rings. The molecule has 2 aromatic rings. The summed E-state index contributed by atoms with van der Waals surface area (Å²) in [5.41, 5.74) is 2.30. The lowest BCUT2D eigenvalue weighted by atomic mass is 10.1. The van der Waals surface area contributed by atoms with Crippen LogP contribution < -0.4 is 10.1 Å². The number of carbonyl (C=O) groups is 1. The van der Waals surface area contributed by atoms with Crippen LogP contribution >= 0.6 is 0 Å². The molecule has 0 aromatic carbocycles. The minimum atomic E-state index is -0.159. The van der Waals surface area contributed by atoms with Gasteiger partial charge in [-0.2, -0.15) is 5.10 Å². The van der Waals surface area contributed by atoms with Gasteiger partial charge < -0.3 is 10.1 Å². The molecule has 0 saturated carbocycles. The zero-order chi connectivity index (χ0) is 16.1. The van der Waals surface area contributed by atoms with Crippen molar-refractivity contribution >= 4 is 5.91 Å². The van der Waals surface area contributed by atoms with Gasteiger partial charge in [-0.05, 0) is 25.0 Å². The van der Waals surface area contributed by atoms with Gasteiger partial charge in [-0.15, -0.1) is 0 Å². The lowest BCUT2D eigenvalue weighted by Gasteiger charge is -2.09. The Kier molecular flexibility index (Phi) is 5.14. The van der Waals surface area contributed by atoms with Crippen LogP contribution in [0.15, 0.2) is 24.4 Å². The average molecular weight is 302 g/mol. The first-order valence-electron chi connectivity index (χ1n) is 7.41. The molecule has 0 unspecified atom stereocenters. The Morgan fingerprint density at radius 1 is 1.45 bits per heavy atom. The zero-order valence-electron chi connectivity index (χ0n) is 13.5. The Morgan fingerprint density at radius 2 is 2.23 bits per heavy atom. The van der Waals surface area contributed by atoms with E-state index < -0.39 is 0 Å². The fourth-order valence-electron chi connectivity index (χ4n) is 2.08. The molecule has 0 saturated heterocycles. The summed E-state index contributed by atoms with van der Waals surface area (Å²) in [5, 5.41) is 7.24. The van der Waals surface area contributed by atoms with Gasteiger partial charge in [0.05, 0.1) is 12.3 Å². The summed E-state index contributed by atoms with van der Waals surface area (Å²) < 4.78 is 7.06. The van der Waals surface area contributed by atoms with E-state index in [0.717, 1.165) is 11.3 Å². The van der Waals surface area contributed by atoms with Gasteiger partial charge in [0.25, 0.3) is 5.91 Å². The minimum Gasteiger partial charge on any atom is -0.478 e. The Balaban J connectivity index is 2.07. The molecule has 2 rings (SSSR count). The Bertz CT molecular complexity index is 649. The van der Waals surface area contributed by atoms with E-state index in [9.17, 15) is 4.79 Å². The third-order valence-corrected chi connectivity index (χ3v) is 3.29. The number of rotatable bonds is 6. The number of carbonyl (C=O) groups excluding carboxylic acids is 1. The summed E-state index contributed by atoms with van der Waals surface area (Å²) in [5.74, 6) is 0.682. The SMILES string of the molecule is CCOc1ncccc1CNC(=O)c1cc(C(C)C)nn1C. The van der Waals surface area contributed by atoms with E-state index in [-0.39, 0.29) is 11.8 Å². The fraction of sp³-hybridized carbons (Fsp3) is 0.438. The number of nitrogens with one attached hydrogen (secondary N) is 1. The van der Waals surface area contributed by atoms with Crippen molar-refractivity contribution in [2.24, 2.45) is 7.05 Å². The van der Waals surface area contributed by atoms with Crippen LogP contribution in [0.5, 0.6) is 5.88 Å².